The van der Waals surface area contributed by atoms with Crippen LogP contribution in [0.1, 0.15) is 25.3 Å². The molecular formula is C17H23F2N7. The largest absolute Gasteiger partial charge is 0.371 e. The van der Waals surface area contributed by atoms with Crippen LogP contribution < -0.4 is 10.6 Å². The highest BCUT2D eigenvalue weighted by atomic mass is 19.1. The molecule has 26 heavy (non-hydrogen) atoms. The van der Waals surface area contributed by atoms with Gasteiger partial charge in [0.25, 0.3) is 0 Å². The molecule has 2 N–H and O–H groups in total. The molecule has 2 aromatic heterocycles. The summed E-state index contributed by atoms with van der Waals surface area (Å²) in [7, 11) is 1.59. The number of nitrogens with one attached hydrogen (secondary N) is 2. The van der Waals surface area contributed by atoms with Gasteiger partial charge in [-0.3, -0.25) is 4.68 Å². The number of halogens is 2. The molecule has 140 valence electrons. The fourth-order valence-electron chi connectivity index (χ4n) is 3.40. The van der Waals surface area contributed by atoms with Crippen LogP contribution in [0.3, 0.4) is 0 Å². The number of piperidine rings is 1. The summed E-state index contributed by atoms with van der Waals surface area (Å²) in [5, 5.41) is 9.94. The van der Waals surface area contributed by atoms with E-state index >= 15 is 0 Å². The molecule has 0 bridgehead atoms. The van der Waals surface area contributed by atoms with Gasteiger partial charge in [-0.2, -0.15) is 10.1 Å². The molecular weight excluding hydrogens is 340 g/mol. The molecule has 2 aromatic rings. The van der Waals surface area contributed by atoms with Gasteiger partial charge >= 0.3 is 0 Å². The van der Waals surface area contributed by atoms with Crippen LogP contribution in [-0.4, -0.2) is 57.5 Å². The molecule has 4 rings (SSSR count). The lowest BCUT2D eigenvalue weighted by atomic mass is 10.0. The van der Waals surface area contributed by atoms with Gasteiger partial charge in [0.2, 0.25) is 5.95 Å². The van der Waals surface area contributed by atoms with Crippen LogP contribution in [-0.2, 0) is 0 Å². The van der Waals surface area contributed by atoms with Gasteiger partial charge in [-0.05, 0) is 25.2 Å². The summed E-state index contributed by atoms with van der Waals surface area (Å²) in [5.41, 5.74) is 0.645. The Kier molecular flexibility index (Phi) is 4.71. The first-order valence-corrected chi connectivity index (χ1v) is 9.00. The van der Waals surface area contributed by atoms with Crippen LogP contribution in [0.2, 0.25) is 0 Å². The zero-order valence-electron chi connectivity index (χ0n) is 14.7. The third-order valence-corrected chi connectivity index (χ3v) is 4.98. The van der Waals surface area contributed by atoms with E-state index in [1.54, 1.807) is 24.1 Å². The van der Waals surface area contributed by atoms with E-state index in [1.165, 1.54) is 12.8 Å². The normalized spacial score (nSPS) is 23.8. The Balaban J connectivity index is 1.39. The van der Waals surface area contributed by atoms with Gasteiger partial charge in [0, 0.05) is 32.9 Å². The van der Waals surface area contributed by atoms with Gasteiger partial charge in [0.05, 0.1) is 24.1 Å². The Morgan fingerprint density at radius 2 is 2.12 bits per heavy atom. The number of nitrogens with zero attached hydrogens (tertiary/aromatic N) is 5. The molecule has 1 aliphatic carbocycles. The Bertz CT molecular complexity index is 761. The van der Waals surface area contributed by atoms with Crippen LogP contribution in [0.4, 0.5) is 26.2 Å². The summed E-state index contributed by atoms with van der Waals surface area (Å²) < 4.78 is 29.7. The molecule has 2 atom stereocenters. The molecule has 0 aromatic carbocycles. The number of aromatic nitrogens is 4. The topological polar surface area (TPSA) is 70.9 Å². The Morgan fingerprint density at radius 1 is 1.27 bits per heavy atom. The second-order valence-electron chi connectivity index (χ2n) is 7.05. The maximum Gasteiger partial charge on any atom is 0.229 e. The monoisotopic (exact) mass is 363 g/mol. The molecule has 0 amide bonds. The first-order chi connectivity index (χ1) is 12.6. The lowest BCUT2D eigenvalue weighted by molar-refractivity contribution is 0.0810. The summed E-state index contributed by atoms with van der Waals surface area (Å²) in [4.78, 5) is 10.2. The van der Waals surface area contributed by atoms with E-state index in [0.717, 1.165) is 31.6 Å². The third kappa shape index (κ3) is 3.77. The minimum absolute atomic E-state index is 0.113. The lowest BCUT2D eigenvalue weighted by Gasteiger charge is -2.34. The highest BCUT2D eigenvalue weighted by Gasteiger charge is 2.33. The summed E-state index contributed by atoms with van der Waals surface area (Å²) in [5.74, 6) is 0.623. The number of anilines is 3. The minimum Gasteiger partial charge on any atom is -0.371 e. The van der Waals surface area contributed by atoms with E-state index in [2.05, 4.69) is 30.6 Å². The number of likely N-dealkylation sites (tertiary alicyclic amines) is 1. The molecule has 1 saturated carbocycles. The van der Waals surface area contributed by atoms with E-state index in [-0.39, 0.29) is 17.8 Å². The highest BCUT2D eigenvalue weighted by molar-refractivity contribution is 5.52. The van der Waals surface area contributed by atoms with Gasteiger partial charge in [-0.25, -0.2) is 13.8 Å². The summed E-state index contributed by atoms with van der Waals surface area (Å²) >= 11 is 0. The van der Waals surface area contributed by atoms with E-state index in [1.807, 2.05) is 0 Å². The Labute approximate surface area is 150 Å². The van der Waals surface area contributed by atoms with Crippen molar-refractivity contribution in [1.29, 1.82) is 0 Å². The lowest BCUT2D eigenvalue weighted by Crippen LogP contribution is -2.43. The minimum atomic E-state index is -0.937. The van der Waals surface area contributed by atoms with Crippen molar-refractivity contribution in [3.8, 4) is 0 Å². The molecule has 2 aliphatic rings. The van der Waals surface area contributed by atoms with Crippen LogP contribution >= 0.6 is 0 Å². The van der Waals surface area contributed by atoms with Crippen molar-refractivity contribution in [3.63, 3.8) is 0 Å². The number of alkyl halides is 1. The second-order valence-corrected chi connectivity index (χ2v) is 7.05. The summed E-state index contributed by atoms with van der Waals surface area (Å²) in [6.45, 7) is 2.39. The molecule has 1 saturated heterocycles. The van der Waals surface area contributed by atoms with Crippen molar-refractivity contribution < 1.29 is 8.78 Å². The van der Waals surface area contributed by atoms with E-state index < -0.39 is 12.0 Å². The fourth-order valence-corrected chi connectivity index (χ4v) is 3.40. The van der Waals surface area contributed by atoms with Crippen molar-refractivity contribution in [2.24, 2.45) is 5.92 Å². The van der Waals surface area contributed by atoms with Gasteiger partial charge in [0.15, 0.2) is 11.6 Å². The average Bonchev–Trinajstić information content (AvgIpc) is 3.33. The molecule has 2 fully saturated rings. The predicted molar refractivity (Wildman–Crippen MR) is 94.8 cm³/mol. The maximum absolute atomic E-state index is 14.6. The fraction of sp³-hybridized carbons (Fsp3) is 0.588. The van der Waals surface area contributed by atoms with Crippen molar-refractivity contribution in [2.75, 3.05) is 37.3 Å². The smallest absolute Gasteiger partial charge is 0.229 e. The average molecular weight is 363 g/mol. The van der Waals surface area contributed by atoms with Crippen LogP contribution in [0.5, 0.6) is 0 Å². The van der Waals surface area contributed by atoms with Crippen molar-refractivity contribution in [2.45, 2.75) is 31.5 Å². The number of rotatable bonds is 6. The number of hydrogen-bond acceptors (Lipinski definition) is 6. The van der Waals surface area contributed by atoms with E-state index in [0.29, 0.717) is 12.2 Å². The Morgan fingerprint density at radius 3 is 2.85 bits per heavy atom. The predicted octanol–water partition coefficient (Wildman–Crippen LogP) is 2.59. The van der Waals surface area contributed by atoms with Gasteiger partial charge in [-0.15, -0.1) is 0 Å². The molecule has 3 heterocycles. The maximum atomic E-state index is 14.6. The summed E-state index contributed by atoms with van der Waals surface area (Å²) in [6.07, 6.45) is 6.82. The first-order valence-electron chi connectivity index (χ1n) is 9.00. The third-order valence-electron chi connectivity index (χ3n) is 4.98. The zero-order valence-corrected chi connectivity index (χ0v) is 14.7. The quantitative estimate of drug-likeness (QED) is 0.822. The van der Waals surface area contributed by atoms with Crippen LogP contribution in [0.25, 0.3) is 0 Å². The zero-order chi connectivity index (χ0) is 18.1. The molecule has 7 nitrogen and oxygen atoms in total. The molecule has 0 spiro atoms. The van der Waals surface area contributed by atoms with Crippen molar-refractivity contribution in [1.82, 2.24) is 24.6 Å². The van der Waals surface area contributed by atoms with Gasteiger partial charge in [0.1, 0.15) is 6.17 Å². The van der Waals surface area contributed by atoms with E-state index in [9.17, 15) is 8.78 Å². The SMILES string of the molecule is CNc1nc(Nc2cnn([C@@H]3CCN(CC4CC4)C[C@H]3F)c2)ncc1F. The molecule has 1 aliphatic heterocycles. The van der Waals surface area contributed by atoms with Crippen molar-refractivity contribution in [3.05, 3.63) is 24.4 Å². The second kappa shape index (κ2) is 7.14. The highest BCUT2D eigenvalue weighted by Crippen LogP contribution is 2.33. The number of hydrogen-bond donors (Lipinski definition) is 2. The standard InChI is InChI=1S/C17H23F2N7/c1-20-16-13(18)7-21-17(24-16)23-12-6-22-26(9-12)15-4-5-25(10-14(15)19)8-11-2-3-11/h6-7,9,11,14-15H,2-5,8,10H2,1H3,(H2,20,21,23,24)/t14-,15-/m1/s1. The molecule has 0 unspecified atom stereocenters. The van der Waals surface area contributed by atoms with Crippen LogP contribution in [0.15, 0.2) is 18.6 Å². The van der Waals surface area contributed by atoms with Gasteiger partial charge < -0.3 is 15.5 Å². The van der Waals surface area contributed by atoms with E-state index in [4.69, 9.17) is 0 Å². The van der Waals surface area contributed by atoms with Crippen LogP contribution in [0, 0.1) is 11.7 Å². The first kappa shape index (κ1) is 17.1. The molecule has 0 radical (unpaired) electrons. The van der Waals surface area contributed by atoms with Crippen molar-refractivity contribution >= 4 is 17.5 Å². The summed E-state index contributed by atoms with van der Waals surface area (Å²) in [6, 6.07) is -0.261. The molecule has 9 heteroatoms. The van der Waals surface area contributed by atoms with Gasteiger partial charge in [-0.1, -0.05) is 0 Å². The Hall–Kier alpha value is -2.29.